The Labute approximate surface area is 184 Å². The van der Waals surface area contributed by atoms with E-state index in [2.05, 4.69) is 10.3 Å². The number of amides is 1. The second-order valence-corrected chi connectivity index (χ2v) is 7.12. The van der Waals surface area contributed by atoms with E-state index in [4.69, 9.17) is 4.74 Å². The third-order valence-electron chi connectivity index (χ3n) is 4.96. The van der Waals surface area contributed by atoms with E-state index < -0.39 is 5.97 Å². The lowest BCUT2D eigenvalue weighted by molar-refractivity contribution is 0.0526. The van der Waals surface area contributed by atoms with Crippen LogP contribution in [0.2, 0.25) is 0 Å². The van der Waals surface area contributed by atoms with Gasteiger partial charge in [0.2, 0.25) is 0 Å². The van der Waals surface area contributed by atoms with Crippen molar-refractivity contribution in [1.29, 1.82) is 0 Å². The number of ether oxygens (including phenoxy) is 1. The molecule has 0 atom stereocenters. The molecule has 0 saturated carbocycles. The number of aryl methyl sites for hydroxylation is 1. The largest absolute Gasteiger partial charge is 0.462 e. The molecule has 0 unspecified atom stereocenters. The van der Waals surface area contributed by atoms with Crippen LogP contribution in [-0.4, -0.2) is 28.0 Å². The van der Waals surface area contributed by atoms with Gasteiger partial charge in [0.1, 0.15) is 5.82 Å². The van der Waals surface area contributed by atoms with Crippen molar-refractivity contribution in [3.05, 3.63) is 100 Å². The summed E-state index contributed by atoms with van der Waals surface area (Å²) in [5.41, 5.74) is 2.35. The van der Waals surface area contributed by atoms with E-state index in [9.17, 15) is 14.4 Å². The Balaban J connectivity index is 1.58. The number of nitrogens with zero attached hydrogens (tertiary/aromatic N) is 2. The molecular weight excluding hydrogens is 406 g/mol. The Morgan fingerprint density at radius 2 is 1.72 bits per heavy atom. The Morgan fingerprint density at radius 1 is 0.969 bits per heavy atom. The fourth-order valence-corrected chi connectivity index (χ4v) is 3.45. The van der Waals surface area contributed by atoms with Gasteiger partial charge in [-0.3, -0.25) is 14.2 Å². The standard InChI is InChI=1S/C25H21N3O4/c1-3-32-25(31)18-7-6-8-19(15-18)27-23(29)17-11-13-20(14-12-17)28-16(2)26-22-10-5-4-9-21(22)24(28)30/h4-15H,3H2,1-2H3,(H,27,29). The van der Waals surface area contributed by atoms with Crippen LogP contribution in [0.15, 0.2) is 77.6 Å². The molecule has 0 fully saturated rings. The predicted octanol–water partition coefficient (Wildman–Crippen LogP) is 4.12. The summed E-state index contributed by atoms with van der Waals surface area (Å²) in [6, 6.07) is 20.4. The van der Waals surface area contributed by atoms with Gasteiger partial charge in [0.25, 0.3) is 11.5 Å². The van der Waals surface area contributed by atoms with Crippen molar-refractivity contribution in [2.75, 3.05) is 11.9 Å². The first-order valence-electron chi connectivity index (χ1n) is 10.2. The van der Waals surface area contributed by atoms with E-state index in [1.54, 1.807) is 80.6 Å². The van der Waals surface area contributed by atoms with Crippen molar-refractivity contribution in [2.24, 2.45) is 0 Å². The average molecular weight is 427 g/mol. The number of carbonyl (C=O) groups is 2. The van der Waals surface area contributed by atoms with E-state index >= 15 is 0 Å². The fraction of sp³-hybridized carbons (Fsp3) is 0.120. The number of esters is 1. The van der Waals surface area contributed by atoms with Gasteiger partial charge < -0.3 is 10.1 Å². The summed E-state index contributed by atoms with van der Waals surface area (Å²) in [4.78, 5) is 42.0. The van der Waals surface area contributed by atoms with Crippen LogP contribution >= 0.6 is 0 Å². The molecule has 7 heteroatoms. The molecule has 4 rings (SSSR count). The van der Waals surface area contributed by atoms with Gasteiger partial charge in [-0.15, -0.1) is 0 Å². The molecule has 1 N–H and O–H groups in total. The molecule has 0 aliphatic heterocycles. The van der Waals surface area contributed by atoms with Crippen LogP contribution in [0.1, 0.15) is 33.5 Å². The van der Waals surface area contributed by atoms with Gasteiger partial charge in [0, 0.05) is 11.3 Å². The molecule has 1 aromatic heterocycles. The summed E-state index contributed by atoms with van der Waals surface area (Å²) in [5.74, 6) is -0.224. The molecule has 0 saturated heterocycles. The number of rotatable bonds is 5. The van der Waals surface area contributed by atoms with Crippen LogP contribution in [0.5, 0.6) is 0 Å². The lowest BCUT2D eigenvalue weighted by Gasteiger charge is -2.12. The first-order chi connectivity index (χ1) is 15.5. The van der Waals surface area contributed by atoms with Crippen LogP contribution in [-0.2, 0) is 4.74 Å². The summed E-state index contributed by atoms with van der Waals surface area (Å²) in [6.45, 7) is 3.78. The maximum absolute atomic E-state index is 12.9. The normalized spacial score (nSPS) is 10.7. The Kier molecular flexibility index (Phi) is 5.81. The van der Waals surface area contributed by atoms with Crippen LogP contribution in [0.3, 0.4) is 0 Å². The smallest absolute Gasteiger partial charge is 0.338 e. The number of nitrogens with one attached hydrogen (secondary N) is 1. The highest BCUT2D eigenvalue weighted by atomic mass is 16.5. The van der Waals surface area contributed by atoms with E-state index in [0.29, 0.717) is 39.2 Å². The van der Waals surface area contributed by atoms with Gasteiger partial charge in [0.05, 0.1) is 28.8 Å². The molecular formula is C25H21N3O4. The molecule has 1 amide bonds. The summed E-state index contributed by atoms with van der Waals surface area (Å²) in [5, 5.41) is 3.30. The second-order valence-electron chi connectivity index (χ2n) is 7.12. The Hall–Kier alpha value is -4.26. The molecule has 4 aromatic rings. The van der Waals surface area contributed by atoms with E-state index in [0.717, 1.165) is 0 Å². The molecule has 7 nitrogen and oxygen atoms in total. The van der Waals surface area contributed by atoms with Gasteiger partial charge in [-0.1, -0.05) is 18.2 Å². The minimum atomic E-state index is -0.447. The molecule has 0 aliphatic carbocycles. The zero-order valence-corrected chi connectivity index (χ0v) is 17.7. The highest BCUT2D eigenvalue weighted by Crippen LogP contribution is 2.16. The molecule has 0 bridgehead atoms. The van der Waals surface area contributed by atoms with Crippen molar-refractivity contribution in [2.45, 2.75) is 13.8 Å². The predicted molar refractivity (Wildman–Crippen MR) is 122 cm³/mol. The highest BCUT2D eigenvalue weighted by molar-refractivity contribution is 6.05. The molecule has 160 valence electrons. The number of fused-ring (bicyclic) bond motifs is 1. The van der Waals surface area contributed by atoms with Gasteiger partial charge in [-0.05, 0) is 68.4 Å². The quantitative estimate of drug-likeness (QED) is 0.484. The number of hydrogen-bond acceptors (Lipinski definition) is 5. The monoisotopic (exact) mass is 427 g/mol. The third kappa shape index (κ3) is 4.13. The zero-order valence-electron chi connectivity index (χ0n) is 17.7. The SMILES string of the molecule is CCOC(=O)c1cccc(NC(=O)c2ccc(-n3c(C)nc4ccccc4c3=O)cc2)c1. The van der Waals surface area contributed by atoms with Gasteiger partial charge >= 0.3 is 5.97 Å². The van der Waals surface area contributed by atoms with Crippen molar-refractivity contribution < 1.29 is 14.3 Å². The van der Waals surface area contributed by atoms with Crippen molar-refractivity contribution in [1.82, 2.24) is 9.55 Å². The summed E-state index contributed by atoms with van der Waals surface area (Å²) in [6.07, 6.45) is 0. The minimum Gasteiger partial charge on any atom is -0.462 e. The first kappa shape index (κ1) is 21.0. The summed E-state index contributed by atoms with van der Waals surface area (Å²) in [7, 11) is 0. The number of para-hydroxylation sites is 1. The van der Waals surface area contributed by atoms with Gasteiger partial charge in [0.15, 0.2) is 0 Å². The van der Waals surface area contributed by atoms with Crippen LogP contribution in [0, 0.1) is 6.92 Å². The lowest BCUT2D eigenvalue weighted by Crippen LogP contribution is -2.22. The topological polar surface area (TPSA) is 90.3 Å². The lowest BCUT2D eigenvalue weighted by atomic mass is 10.1. The van der Waals surface area contributed by atoms with Crippen molar-refractivity contribution >= 4 is 28.5 Å². The van der Waals surface area contributed by atoms with Crippen LogP contribution in [0.4, 0.5) is 5.69 Å². The molecule has 0 radical (unpaired) electrons. The number of hydrogen-bond donors (Lipinski definition) is 1. The van der Waals surface area contributed by atoms with Crippen LogP contribution < -0.4 is 10.9 Å². The van der Waals surface area contributed by atoms with Crippen molar-refractivity contribution in [3.8, 4) is 5.69 Å². The van der Waals surface area contributed by atoms with E-state index in [-0.39, 0.29) is 18.1 Å². The maximum atomic E-state index is 12.9. The number of carbonyl (C=O) groups excluding carboxylic acids is 2. The zero-order chi connectivity index (χ0) is 22.7. The van der Waals surface area contributed by atoms with Gasteiger partial charge in [-0.2, -0.15) is 0 Å². The maximum Gasteiger partial charge on any atom is 0.338 e. The number of aromatic nitrogens is 2. The molecule has 0 aliphatic rings. The van der Waals surface area contributed by atoms with Gasteiger partial charge in [-0.25, -0.2) is 9.78 Å². The van der Waals surface area contributed by atoms with E-state index in [1.807, 2.05) is 6.07 Å². The summed E-state index contributed by atoms with van der Waals surface area (Å²) >= 11 is 0. The molecule has 32 heavy (non-hydrogen) atoms. The second kappa shape index (κ2) is 8.85. The molecule has 1 heterocycles. The minimum absolute atomic E-state index is 0.166. The molecule has 0 spiro atoms. The Bertz CT molecular complexity index is 1370. The third-order valence-corrected chi connectivity index (χ3v) is 4.96. The first-order valence-corrected chi connectivity index (χ1v) is 10.2. The highest BCUT2D eigenvalue weighted by Gasteiger charge is 2.12. The van der Waals surface area contributed by atoms with Crippen LogP contribution in [0.25, 0.3) is 16.6 Å². The number of anilines is 1. The van der Waals surface area contributed by atoms with Crippen molar-refractivity contribution in [3.63, 3.8) is 0 Å². The average Bonchev–Trinajstić information content (AvgIpc) is 2.80. The van der Waals surface area contributed by atoms with E-state index in [1.165, 1.54) is 4.57 Å². The summed E-state index contributed by atoms with van der Waals surface area (Å²) < 4.78 is 6.51. The fourth-order valence-electron chi connectivity index (χ4n) is 3.45. The number of benzene rings is 3. The molecule has 3 aromatic carbocycles. The Morgan fingerprint density at radius 3 is 2.47 bits per heavy atom.